The van der Waals surface area contributed by atoms with E-state index in [0.717, 1.165) is 17.1 Å². The lowest BCUT2D eigenvalue weighted by Crippen LogP contribution is -1.94. The topological polar surface area (TPSA) is 38.7 Å². The van der Waals surface area contributed by atoms with E-state index in [4.69, 9.17) is 14.6 Å². The molecule has 0 fully saturated rings. The predicted octanol–water partition coefficient (Wildman–Crippen LogP) is 3.37. The molecule has 0 unspecified atom stereocenters. The lowest BCUT2D eigenvalue weighted by molar-refractivity contribution is 0.281. The van der Waals surface area contributed by atoms with Crippen LogP contribution in [0.1, 0.15) is 12.5 Å². The van der Waals surface area contributed by atoms with Crippen molar-refractivity contribution in [3.8, 4) is 17.2 Å². The maximum Gasteiger partial charge on any atom is 0.169 e. The lowest BCUT2D eigenvalue weighted by Gasteiger charge is -2.11. The number of hydrogen-bond donors (Lipinski definition) is 1. The van der Waals surface area contributed by atoms with Crippen LogP contribution in [0, 0.1) is 0 Å². The molecule has 1 N–H and O–H groups in total. The SMILES string of the molecule is CCOc1ccccc1Oc1ccc(CO)cc1. The summed E-state index contributed by atoms with van der Waals surface area (Å²) < 4.78 is 11.2. The van der Waals surface area contributed by atoms with Gasteiger partial charge < -0.3 is 14.6 Å². The fraction of sp³-hybridized carbons (Fsp3) is 0.200. The van der Waals surface area contributed by atoms with Gasteiger partial charge in [-0.2, -0.15) is 0 Å². The minimum absolute atomic E-state index is 0.0375. The van der Waals surface area contributed by atoms with Crippen LogP contribution in [0.5, 0.6) is 17.2 Å². The molecule has 2 aromatic carbocycles. The highest BCUT2D eigenvalue weighted by Crippen LogP contribution is 2.31. The number of hydrogen-bond acceptors (Lipinski definition) is 3. The molecule has 0 aliphatic carbocycles. The third kappa shape index (κ3) is 3.02. The van der Waals surface area contributed by atoms with Gasteiger partial charge in [-0.3, -0.25) is 0 Å². The van der Waals surface area contributed by atoms with Crippen molar-refractivity contribution in [2.45, 2.75) is 13.5 Å². The van der Waals surface area contributed by atoms with Gasteiger partial charge >= 0.3 is 0 Å². The van der Waals surface area contributed by atoms with Crippen LogP contribution in [0.4, 0.5) is 0 Å². The molecule has 0 atom stereocenters. The molecule has 2 rings (SSSR count). The summed E-state index contributed by atoms with van der Waals surface area (Å²) in [7, 11) is 0. The Morgan fingerprint density at radius 2 is 1.61 bits per heavy atom. The van der Waals surface area contributed by atoms with E-state index in [2.05, 4.69) is 0 Å². The average molecular weight is 244 g/mol. The molecule has 0 aliphatic heterocycles. The lowest BCUT2D eigenvalue weighted by atomic mass is 10.2. The van der Waals surface area contributed by atoms with Gasteiger partial charge in [0.05, 0.1) is 13.2 Å². The molecule has 18 heavy (non-hydrogen) atoms. The van der Waals surface area contributed by atoms with E-state index >= 15 is 0 Å². The Labute approximate surface area is 107 Å². The number of rotatable bonds is 5. The Hall–Kier alpha value is -2.00. The van der Waals surface area contributed by atoms with Gasteiger partial charge in [0.25, 0.3) is 0 Å². The van der Waals surface area contributed by atoms with Crippen LogP contribution in [0.15, 0.2) is 48.5 Å². The van der Waals surface area contributed by atoms with Crippen molar-refractivity contribution in [3.05, 3.63) is 54.1 Å². The monoisotopic (exact) mass is 244 g/mol. The molecule has 3 nitrogen and oxygen atoms in total. The first-order valence-electron chi connectivity index (χ1n) is 5.93. The summed E-state index contributed by atoms with van der Waals surface area (Å²) in [6.07, 6.45) is 0. The van der Waals surface area contributed by atoms with Crippen LogP contribution in [0.2, 0.25) is 0 Å². The highest BCUT2D eigenvalue weighted by atomic mass is 16.5. The van der Waals surface area contributed by atoms with Crippen LogP contribution in [0.25, 0.3) is 0 Å². The van der Waals surface area contributed by atoms with Gasteiger partial charge in [0.15, 0.2) is 11.5 Å². The number of benzene rings is 2. The average Bonchev–Trinajstić information content (AvgIpc) is 2.42. The third-order valence-electron chi connectivity index (χ3n) is 2.48. The van der Waals surface area contributed by atoms with Crippen molar-refractivity contribution in [1.82, 2.24) is 0 Å². The standard InChI is InChI=1S/C15H16O3/c1-2-17-14-5-3-4-6-15(14)18-13-9-7-12(11-16)8-10-13/h3-10,16H,2,11H2,1H3. The van der Waals surface area contributed by atoms with Crippen LogP contribution >= 0.6 is 0 Å². The molecule has 0 aromatic heterocycles. The molecule has 0 saturated carbocycles. The molecule has 0 aliphatic rings. The second-order valence-electron chi connectivity index (χ2n) is 3.78. The van der Waals surface area contributed by atoms with Gasteiger partial charge in [0.2, 0.25) is 0 Å². The Morgan fingerprint density at radius 1 is 0.944 bits per heavy atom. The van der Waals surface area contributed by atoms with Crippen molar-refractivity contribution >= 4 is 0 Å². The van der Waals surface area contributed by atoms with Crippen molar-refractivity contribution in [2.24, 2.45) is 0 Å². The molecular weight excluding hydrogens is 228 g/mol. The second-order valence-corrected chi connectivity index (χ2v) is 3.78. The first-order valence-corrected chi connectivity index (χ1v) is 5.93. The zero-order chi connectivity index (χ0) is 12.8. The number of ether oxygens (including phenoxy) is 2. The van der Waals surface area contributed by atoms with Gasteiger partial charge in [-0.15, -0.1) is 0 Å². The summed E-state index contributed by atoms with van der Waals surface area (Å²) in [5.74, 6) is 2.14. The van der Waals surface area contributed by atoms with E-state index in [-0.39, 0.29) is 6.61 Å². The van der Waals surface area contributed by atoms with Gasteiger partial charge in [-0.05, 0) is 36.8 Å². The molecule has 0 amide bonds. The summed E-state index contributed by atoms with van der Waals surface area (Å²) in [5, 5.41) is 8.97. The van der Waals surface area contributed by atoms with Crippen molar-refractivity contribution in [2.75, 3.05) is 6.61 Å². The molecule has 2 aromatic rings. The normalized spacial score (nSPS) is 10.1. The predicted molar refractivity (Wildman–Crippen MR) is 70.0 cm³/mol. The Bertz CT molecular complexity index is 491. The maximum atomic E-state index is 8.97. The van der Waals surface area contributed by atoms with E-state index in [1.54, 1.807) is 0 Å². The first-order chi connectivity index (χ1) is 8.83. The highest BCUT2D eigenvalue weighted by Gasteiger charge is 2.04. The zero-order valence-corrected chi connectivity index (χ0v) is 10.3. The van der Waals surface area contributed by atoms with Crippen molar-refractivity contribution < 1.29 is 14.6 Å². The highest BCUT2D eigenvalue weighted by molar-refractivity contribution is 5.43. The summed E-state index contributed by atoms with van der Waals surface area (Å²) in [4.78, 5) is 0. The first kappa shape index (κ1) is 12.5. The van der Waals surface area contributed by atoms with Gasteiger partial charge in [-0.1, -0.05) is 24.3 Å². The van der Waals surface area contributed by atoms with Crippen molar-refractivity contribution in [3.63, 3.8) is 0 Å². The van der Waals surface area contributed by atoms with Crippen LogP contribution in [-0.4, -0.2) is 11.7 Å². The summed E-state index contributed by atoms with van der Waals surface area (Å²) >= 11 is 0. The molecule has 94 valence electrons. The molecule has 0 heterocycles. The number of para-hydroxylation sites is 2. The summed E-state index contributed by atoms with van der Waals surface area (Å²) in [5.41, 5.74) is 0.862. The van der Waals surface area contributed by atoms with Crippen LogP contribution in [0.3, 0.4) is 0 Å². The van der Waals surface area contributed by atoms with E-state index in [9.17, 15) is 0 Å². The molecule has 0 bridgehead atoms. The maximum absolute atomic E-state index is 8.97. The van der Waals surface area contributed by atoms with Crippen molar-refractivity contribution in [1.29, 1.82) is 0 Å². The summed E-state index contributed by atoms with van der Waals surface area (Å²) in [6.45, 7) is 2.58. The molecular formula is C15H16O3. The molecule has 0 saturated heterocycles. The van der Waals surface area contributed by atoms with Crippen LogP contribution < -0.4 is 9.47 Å². The largest absolute Gasteiger partial charge is 0.490 e. The van der Waals surface area contributed by atoms with E-state index in [1.165, 1.54) is 0 Å². The van der Waals surface area contributed by atoms with Gasteiger partial charge in [-0.25, -0.2) is 0 Å². The minimum Gasteiger partial charge on any atom is -0.490 e. The van der Waals surface area contributed by atoms with Gasteiger partial charge in [0, 0.05) is 0 Å². The fourth-order valence-electron chi connectivity index (χ4n) is 1.60. The quantitative estimate of drug-likeness (QED) is 0.876. The third-order valence-corrected chi connectivity index (χ3v) is 2.48. The van der Waals surface area contributed by atoms with Gasteiger partial charge in [0.1, 0.15) is 5.75 Å². The van der Waals surface area contributed by atoms with E-state index in [1.807, 2.05) is 55.5 Å². The Balaban J connectivity index is 2.17. The smallest absolute Gasteiger partial charge is 0.169 e. The Morgan fingerprint density at radius 3 is 2.22 bits per heavy atom. The van der Waals surface area contributed by atoms with E-state index in [0.29, 0.717) is 12.4 Å². The molecule has 3 heteroatoms. The number of aliphatic hydroxyl groups excluding tert-OH is 1. The minimum atomic E-state index is 0.0375. The fourth-order valence-corrected chi connectivity index (χ4v) is 1.60. The Kier molecular flexibility index (Phi) is 4.20. The van der Waals surface area contributed by atoms with Crippen LogP contribution in [-0.2, 0) is 6.61 Å². The summed E-state index contributed by atoms with van der Waals surface area (Å²) in [6, 6.07) is 14.9. The zero-order valence-electron chi connectivity index (χ0n) is 10.3. The molecule has 0 radical (unpaired) electrons. The van der Waals surface area contributed by atoms with E-state index < -0.39 is 0 Å². The molecule has 0 spiro atoms. The second kappa shape index (κ2) is 6.07. The number of aliphatic hydroxyl groups is 1.